The third-order valence-electron chi connectivity index (χ3n) is 3.11. The zero-order valence-electron chi connectivity index (χ0n) is 13.0. The summed E-state index contributed by atoms with van der Waals surface area (Å²) in [5, 5.41) is 13.5. The quantitative estimate of drug-likeness (QED) is 0.478. The van der Waals surface area contributed by atoms with Gasteiger partial charge in [0.1, 0.15) is 18.1 Å². The van der Waals surface area contributed by atoms with Crippen molar-refractivity contribution < 1.29 is 19.2 Å². The molecule has 7 heteroatoms. The molecule has 0 unspecified atom stereocenters. The smallest absolute Gasteiger partial charge is 0.271 e. The van der Waals surface area contributed by atoms with Gasteiger partial charge in [-0.15, -0.1) is 0 Å². The maximum Gasteiger partial charge on any atom is 0.271 e. The van der Waals surface area contributed by atoms with Crippen LogP contribution in [0.4, 0.5) is 11.4 Å². The Balaban J connectivity index is 2.24. The van der Waals surface area contributed by atoms with Gasteiger partial charge in [0, 0.05) is 17.7 Å². The zero-order valence-corrected chi connectivity index (χ0v) is 13.0. The molecular formula is C17H16N2O5. The van der Waals surface area contributed by atoms with E-state index < -0.39 is 10.8 Å². The van der Waals surface area contributed by atoms with E-state index in [1.807, 2.05) is 0 Å². The van der Waals surface area contributed by atoms with Gasteiger partial charge < -0.3 is 14.8 Å². The predicted octanol–water partition coefficient (Wildman–Crippen LogP) is 3.42. The molecule has 2 rings (SSSR count). The number of rotatable bonds is 7. The Labute approximate surface area is 138 Å². The first-order chi connectivity index (χ1) is 11.5. The highest BCUT2D eigenvalue weighted by Gasteiger charge is 2.15. The molecule has 2 aromatic rings. The van der Waals surface area contributed by atoms with Crippen LogP contribution in [0.5, 0.6) is 11.5 Å². The van der Waals surface area contributed by atoms with Crippen LogP contribution in [0.3, 0.4) is 0 Å². The Morgan fingerprint density at radius 2 is 2.12 bits per heavy atom. The summed E-state index contributed by atoms with van der Waals surface area (Å²) in [5.41, 5.74) is 0.424. The van der Waals surface area contributed by atoms with Crippen LogP contribution in [0.2, 0.25) is 0 Å². The van der Waals surface area contributed by atoms with Crippen molar-refractivity contribution in [1.82, 2.24) is 0 Å². The van der Waals surface area contributed by atoms with Crippen LogP contribution in [0.1, 0.15) is 10.4 Å². The number of benzene rings is 2. The first kappa shape index (κ1) is 17.0. The Morgan fingerprint density at radius 1 is 1.33 bits per heavy atom. The predicted molar refractivity (Wildman–Crippen MR) is 89.7 cm³/mol. The van der Waals surface area contributed by atoms with Gasteiger partial charge in [-0.1, -0.05) is 18.7 Å². The van der Waals surface area contributed by atoms with E-state index in [-0.39, 0.29) is 11.4 Å². The normalized spacial score (nSPS) is 9.88. The van der Waals surface area contributed by atoms with Gasteiger partial charge in [0.25, 0.3) is 11.6 Å². The number of nitrogens with zero attached hydrogens (tertiary/aromatic N) is 1. The van der Waals surface area contributed by atoms with E-state index in [1.165, 1.54) is 25.3 Å². The van der Waals surface area contributed by atoms with E-state index in [0.29, 0.717) is 23.7 Å². The van der Waals surface area contributed by atoms with E-state index in [4.69, 9.17) is 9.47 Å². The van der Waals surface area contributed by atoms with Gasteiger partial charge in [-0.25, -0.2) is 0 Å². The fourth-order valence-corrected chi connectivity index (χ4v) is 1.98. The average molecular weight is 328 g/mol. The van der Waals surface area contributed by atoms with Gasteiger partial charge >= 0.3 is 0 Å². The molecule has 0 aliphatic heterocycles. The summed E-state index contributed by atoms with van der Waals surface area (Å²) in [5.74, 6) is 0.416. The molecule has 24 heavy (non-hydrogen) atoms. The van der Waals surface area contributed by atoms with Gasteiger partial charge in [-0.05, 0) is 24.3 Å². The minimum atomic E-state index is -0.543. The molecule has 0 saturated heterocycles. The van der Waals surface area contributed by atoms with E-state index >= 15 is 0 Å². The van der Waals surface area contributed by atoms with Gasteiger partial charge in [0.2, 0.25) is 0 Å². The number of nitro groups is 1. The zero-order chi connectivity index (χ0) is 17.5. The monoisotopic (exact) mass is 328 g/mol. The second-order valence-electron chi connectivity index (χ2n) is 4.72. The number of nitro benzene ring substituents is 1. The van der Waals surface area contributed by atoms with Crippen molar-refractivity contribution in [2.45, 2.75) is 0 Å². The highest BCUT2D eigenvalue weighted by Crippen LogP contribution is 2.29. The van der Waals surface area contributed by atoms with Crippen molar-refractivity contribution in [3.63, 3.8) is 0 Å². The van der Waals surface area contributed by atoms with Crippen molar-refractivity contribution >= 4 is 17.3 Å². The second kappa shape index (κ2) is 7.77. The number of methoxy groups -OCH3 is 1. The number of non-ortho nitro benzene ring substituents is 1. The van der Waals surface area contributed by atoms with E-state index in [2.05, 4.69) is 11.9 Å². The summed E-state index contributed by atoms with van der Waals surface area (Å²) in [7, 11) is 1.42. The average Bonchev–Trinajstić information content (AvgIpc) is 2.60. The number of carbonyl (C=O) groups is 1. The van der Waals surface area contributed by atoms with E-state index in [0.717, 1.165) is 0 Å². The summed E-state index contributed by atoms with van der Waals surface area (Å²) >= 11 is 0. The van der Waals surface area contributed by atoms with Crippen molar-refractivity contribution in [3.8, 4) is 11.5 Å². The lowest BCUT2D eigenvalue weighted by Gasteiger charge is -2.11. The Hall–Kier alpha value is -3.35. The molecule has 0 atom stereocenters. The maximum atomic E-state index is 12.4. The lowest BCUT2D eigenvalue weighted by atomic mass is 10.2. The van der Waals surface area contributed by atoms with Crippen LogP contribution in [-0.4, -0.2) is 24.5 Å². The Morgan fingerprint density at radius 3 is 2.79 bits per heavy atom. The third-order valence-corrected chi connectivity index (χ3v) is 3.11. The van der Waals surface area contributed by atoms with E-state index in [9.17, 15) is 14.9 Å². The summed E-state index contributed by atoms with van der Waals surface area (Å²) < 4.78 is 10.5. The highest BCUT2D eigenvalue weighted by molar-refractivity contribution is 6.05. The molecule has 0 aromatic heterocycles. The van der Waals surface area contributed by atoms with Gasteiger partial charge in [0.05, 0.1) is 17.7 Å². The first-order valence-electron chi connectivity index (χ1n) is 7.02. The van der Waals surface area contributed by atoms with Crippen molar-refractivity contribution in [2.24, 2.45) is 0 Å². The van der Waals surface area contributed by atoms with Gasteiger partial charge in [-0.2, -0.15) is 0 Å². The molecule has 124 valence electrons. The molecule has 0 bridgehead atoms. The summed E-state index contributed by atoms with van der Waals surface area (Å²) in [6, 6.07) is 10.6. The Kier molecular flexibility index (Phi) is 5.51. The van der Waals surface area contributed by atoms with Crippen LogP contribution < -0.4 is 14.8 Å². The number of hydrogen-bond acceptors (Lipinski definition) is 5. The van der Waals surface area contributed by atoms with Crippen molar-refractivity contribution in [3.05, 3.63) is 70.8 Å². The molecule has 0 saturated carbocycles. The minimum Gasteiger partial charge on any atom is -0.495 e. The van der Waals surface area contributed by atoms with E-state index in [1.54, 1.807) is 30.3 Å². The summed E-state index contributed by atoms with van der Waals surface area (Å²) in [6.45, 7) is 3.88. The molecule has 1 amide bonds. The fourth-order valence-electron chi connectivity index (χ4n) is 1.98. The first-order valence-corrected chi connectivity index (χ1v) is 7.02. The summed E-state index contributed by atoms with van der Waals surface area (Å²) in [4.78, 5) is 22.7. The van der Waals surface area contributed by atoms with Crippen molar-refractivity contribution in [1.29, 1.82) is 0 Å². The van der Waals surface area contributed by atoms with Crippen LogP contribution in [0.25, 0.3) is 0 Å². The summed E-state index contributed by atoms with van der Waals surface area (Å²) in [6.07, 6.45) is 1.60. The number of ether oxygens (including phenoxy) is 2. The standard InChI is InChI=1S/C17H16N2O5/c1-3-9-24-14-6-4-5-12(10-14)17(20)18-15-11-13(19(21)22)7-8-16(15)23-2/h3-8,10-11H,1,9H2,2H3,(H,18,20). The molecule has 0 spiro atoms. The SMILES string of the molecule is C=CCOc1cccc(C(=O)Nc2cc([N+](=O)[O-])ccc2OC)c1. The molecule has 7 nitrogen and oxygen atoms in total. The number of amides is 1. The molecule has 2 aromatic carbocycles. The molecular weight excluding hydrogens is 312 g/mol. The molecule has 0 radical (unpaired) electrons. The highest BCUT2D eigenvalue weighted by atomic mass is 16.6. The third kappa shape index (κ3) is 4.10. The lowest BCUT2D eigenvalue weighted by Crippen LogP contribution is -2.13. The molecule has 1 N–H and O–H groups in total. The van der Waals surface area contributed by atoms with Crippen LogP contribution in [0, 0.1) is 10.1 Å². The van der Waals surface area contributed by atoms with Crippen LogP contribution in [0.15, 0.2) is 55.1 Å². The van der Waals surface area contributed by atoms with Gasteiger partial charge in [-0.3, -0.25) is 14.9 Å². The number of nitrogens with one attached hydrogen (secondary N) is 1. The van der Waals surface area contributed by atoms with Gasteiger partial charge in [0.15, 0.2) is 0 Å². The van der Waals surface area contributed by atoms with Crippen LogP contribution in [-0.2, 0) is 0 Å². The molecule has 0 aliphatic carbocycles. The number of anilines is 1. The second-order valence-corrected chi connectivity index (χ2v) is 4.72. The van der Waals surface area contributed by atoms with Crippen LogP contribution >= 0.6 is 0 Å². The number of carbonyl (C=O) groups excluding carboxylic acids is 1. The largest absolute Gasteiger partial charge is 0.495 e. The molecule has 0 heterocycles. The van der Waals surface area contributed by atoms with Crippen molar-refractivity contribution in [2.75, 3.05) is 19.0 Å². The lowest BCUT2D eigenvalue weighted by molar-refractivity contribution is -0.384. The Bertz CT molecular complexity index is 773. The minimum absolute atomic E-state index is 0.144. The molecule has 0 fully saturated rings. The fraction of sp³-hybridized carbons (Fsp3) is 0.118. The number of hydrogen-bond donors (Lipinski definition) is 1. The topological polar surface area (TPSA) is 90.7 Å². The maximum absolute atomic E-state index is 12.4. The molecule has 0 aliphatic rings.